The van der Waals surface area contributed by atoms with Gasteiger partial charge in [0.25, 0.3) is 0 Å². The molecule has 1 saturated heterocycles. The molecule has 4 heteroatoms. The summed E-state index contributed by atoms with van der Waals surface area (Å²) in [6.07, 6.45) is 7.04. The van der Waals surface area contributed by atoms with Crippen LogP contribution in [0.4, 0.5) is 0 Å². The Balaban J connectivity index is 1.55. The molecule has 1 saturated carbocycles. The van der Waals surface area contributed by atoms with E-state index < -0.39 is 0 Å². The van der Waals surface area contributed by atoms with Gasteiger partial charge >= 0.3 is 0 Å². The van der Waals surface area contributed by atoms with Gasteiger partial charge in [-0.3, -0.25) is 0 Å². The largest absolute Gasteiger partial charge is 0.243 e. The van der Waals surface area contributed by atoms with Crippen LogP contribution in [-0.2, 0) is 0 Å². The van der Waals surface area contributed by atoms with Crippen LogP contribution >= 0.6 is 23.3 Å². The fraction of sp³-hybridized carbons (Fsp3) is 0.588. The predicted octanol–water partition coefficient (Wildman–Crippen LogP) is 5.27. The molecule has 1 unspecified atom stereocenters. The quantitative estimate of drug-likeness (QED) is 0.718. The Morgan fingerprint density at radius 3 is 3.00 bits per heavy atom. The Morgan fingerprint density at radius 2 is 2.29 bits per heavy atom. The number of thiazole rings is 1. The third-order valence-electron chi connectivity index (χ3n) is 5.14. The number of rotatable bonds is 3. The van der Waals surface area contributed by atoms with Crippen molar-refractivity contribution in [3.05, 3.63) is 23.2 Å². The molecule has 0 amide bonds. The molecule has 112 valence electrons. The van der Waals surface area contributed by atoms with Crippen molar-refractivity contribution in [1.82, 2.24) is 9.29 Å². The molecule has 4 rings (SSSR count). The maximum Gasteiger partial charge on any atom is 0.0907 e. The number of hydrogen-bond acceptors (Lipinski definition) is 4. The lowest BCUT2D eigenvalue weighted by Crippen LogP contribution is -2.31. The second-order valence-electron chi connectivity index (χ2n) is 6.65. The summed E-state index contributed by atoms with van der Waals surface area (Å²) < 4.78 is 3.98. The van der Waals surface area contributed by atoms with E-state index in [4.69, 9.17) is 0 Å². The van der Waals surface area contributed by atoms with Crippen molar-refractivity contribution in [2.75, 3.05) is 6.54 Å². The first-order valence-corrected chi connectivity index (χ1v) is 9.58. The van der Waals surface area contributed by atoms with Crippen molar-refractivity contribution < 1.29 is 0 Å². The van der Waals surface area contributed by atoms with Gasteiger partial charge in [-0.25, -0.2) is 9.29 Å². The summed E-state index contributed by atoms with van der Waals surface area (Å²) in [6, 6.07) is 7.50. The molecule has 1 aliphatic carbocycles. The van der Waals surface area contributed by atoms with E-state index in [9.17, 15) is 0 Å². The Morgan fingerprint density at radius 1 is 1.43 bits per heavy atom. The highest BCUT2D eigenvalue weighted by Crippen LogP contribution is 2.53. The minimum absolute atomic E-state index is 0.666. The summed E-state index contributed by atoms with van der Waals surface area (Å²) in [5, 5.41) is 1.16. The van der Waals surface area contributed by atoms with Crippen molar-refractivity contribution in [1.29, 1.82) is 0 Å². The molecule has 1 spiro atoms. The highest BCUT2D eigenvalue weighted by atomic mass is 32.2. The van der Waals surface area contributed by atoms with Crippen LogP contribution in [0.15, 0.2) is 23.1 Å². The lowest BCUT2D eigenvalue weighted by molar-refractivity contribution is 0.153. The Hall–Kier alpha value is -0.580. The van der Waals surface area contributed by atoms with Crippen LogP contribution in [0.2, 0.25) is 0 Å². The van der Waals surface area contributed by atoms with Crippen LogP contribution in [0.1, 0.15) is 44.0 Å². The van der Waals surface area contributed by atoms with Crippen molar-refractivity contribution in [3.63, 3.8) is 0 Å². The van der Waals surface area contributed by atoms with Gasteiger partial charge in [-0.2, -0.15) is 0 Å². The van der Waals surface area contributed by atoms with Crippen LogP contribution in [-0.4, -0.2) is 21.9 Å². The third-order valence-corrected chi connectivity index (χ3v) is 7.20. The number of aryl methyl sites for hydroxylation is 1. The van der Waals surface area contributed by atoms with E-state index in [2.05, 4.69) is 41.3 Å². The fourth-order valence-electron chi connectivity index (χ4n) is 3.83. The van der Waals surface area contributed by atoms with Gasteiger partial charge in [0.05, 0.1) is 15.2 Å². The molecule has 1 atom stereocenters. The number of fused-ring (bicyclic) bond motifs is 1. The summed E-state index contributed by atoms with van der Waals surface area (Å²) >= 11 is 3.78. The van der Waals surface area contributed by atoms with E-state index in [1.165, 1.54) is 48.2 Å². The zero-order valence-electron chi connectivity index (χ0n) is 12.8. The average Bonchev–Trinajstić information content (AvgIpc) is 2.97. The lowest BCUT2D eigenvalue weighted by Gasteiger charge is -2.38. The summed E-state index contributed by atoms with van der Waals surface area (Å²) in [7, 11) is 0. The normalized spacial score (nSPS) is 24.8. The van der Waals surface area contributed by atoms with E-state index in [0.717, 1.165) is 16.6 Å². The first-order valence-electron chi connectivity index (χ1n) is 7.99. The highest BCUT2D eigenvalue weighted by Gasteiger charge is 2.47. The fourth-order valence-corrected chi connectivity index (χ4v) is 6.05. The molecule has 1 aromatic heterocycles. The van der Waals surface area contributed by atoms with E-state index in [-0.39, 0.29) is 0 Å². The van der Waals surface area contributed by atoms with Crippen LogP contribution in [0, 0.1) is 12.3 Å². The maximum absolute atomic E-state index is 4.56. The monoisotopic (exact) mass is 318 g/mol. The molecule has 1 aliphatic heterocycles. The summed E-state index contributed by atoms with van der Waals surface area (Å²) in [5.74, 6) is 0. The van der Waals surface area contributed by atoms with E-state index >= 15 is 0 Å². The van der Waals surface area contributed by atoms with Gasteiger partial charge in [-0.15, -0.1) is 11.3 Å². The highest BCUT2D eigenvalue weighted by molar-refractivity contribution is 7.97. The average molecular weight is 319 g/mol. The molecule has 2 aromatic rings. The molecule has 0 bridgehead atoms. The summed E-state index contributed by atoms with van der Waals surface area (Å²) in [5.41, 5.74) is 1.81. The van der Waals surface area contributed by atoms with Crippen molar-refractivity contribution >= 4 is 33.5 Å². The van der Waals surface area contributed by atoms with Crippen LogP contribution in [0.5, 0.6) is 0 Å². The Labute approximate surface area is 135 Å². The van der Waals surface area contributed by atoms with Crippen molar-refractivity contribution in [3.8, 4) is 0 Å². The molecule has 0 N–H and O–H groups in total. The molecular weight excluding hydrogens is 296 g/mol. The van der Waals surface area contributed by atoms with Gasteiger partial charge in [-0.05, 0) is 68.2 Å². The molecule has 2 nitrogen and oxygen atoms in total. The lowest BCUT2D eigenvalue weighted by atomic mass is 9.67. The van der Waals surface area contributed by atoms with Crippen LogP contribution < -0.4 is 0 Å². The van der Waals surface area contributed by atoms with Crippen molar-refractivity contribution in [2.45, 2.75) is 56.9 Å². The van der Waals surface area contributed by atoms with E-state index in [1.54, 1.807) is 11.3 Å². The first kappa shape index (κ1) is 14.0. The molecule has 21 heavy (non-hydrogen) atoms. The van der Waals surface area contributed by atoms with Gasteiger partial charge in [0.1, 0.15) is 0 Å². The van der Waals surface area contributed by atoms with Gasteiger partial charge in [0.15, 0.2) is 0 Å². The second kappa shape index (κ2) is 5.25. The smallest absolute Gasteiger partial charge is 0.0907 e. The molecule has 0 radical (unpaired) electrons. The number of hydrogen-bond donors (Lipinski definition) is 0. The third kappa shape index (κ3) is 2.51. The van der Waals surface area contributed by atoms with Gasteiger partial charge in [-0.1, -0.05) is 13.3 Å². The van der Waals surface area contributed by atoms with Gasteiger partial charge < -0.3 is 0 Å². The SMILES string of the molecule is CCC1CC2(CCC2)CN1Sc1ccc2nc(C)sc2c1. The number of benzene rings is 1. The Kier molecular flexibility index (Phi) is 3.51. The molecule has 2 heterocycles. The Bertz CT molecular complexity index is 660. The zero-order chi connectivity index (χ0) is 14.4. The summed E-state index contributed by atoms with van der Waals surface area (Å²) in [4.78, 5) is 5.93. The second-order valence-corrected chi connectivity index (χ2v) is 9.01. The topological polar surface area (TPSA) is 16.1 Å². The van der Waals surface area contributed by atoms with Gasteiger partial charge in [0.2, 0.25) is 0 Å². The number of nitrogens with zero attached hydrogens (tertiary/aromatic N) is 2. The standard InChI is InChI=1S/C17H22N2S2/c1-3-13-10-17(7-4-8-17)11-19(13)21-14-5-6-15-16(9-14)20-12(2)18-15/h5-6,9,13H,3-4,7-8,10-11H2,1-2H3. The maximum atomic E-state index is 4.56. The van der Waals surface area contributed by atoms with E-state index in [0.29, 0.717) is 5.41 Å². The van der Waals surface area contributed by atoms with Gasteiger partial charge in [0, 0.05) is 17.5 Å². The molecular formula is C17H22N2S2. The zero-order valence-corrected chi connectivity index (χ0v) is 14.4. The van der Waals surface area contributed by atoms with Crippen LogP contribution in [0.25, 0.3) is 10.2 Å². The first-order chi connectivity index (χ1) is 10.2. The predicted molar refractivity (Wildman–Crippen MR) is 91.9 cm³/mol. The minimum atomic E-state index is 0.666. The minimum Gasteiger partial charge on any atom is -0.243 e. The summed E-state index contributed by atoms with van der Waals surface area (Å²) in [6.45, 7) is 5.72. The number of aromatic nitrogens is 1. The molecule has 1 aromatic carbocycles. The van der Waals surface area contributed by atoms with E-state index in [1.807, 2.05) is 11.9 Å². The molecule has 2 fully saturated rings. The van der Waals surface area contributed by atoms with Crippen LogP contribution in [0.3, 0.4) is 0 Å². The molecule has 2 aliphatic rings. The van der Waals surface area contributed by atoms with Crippen molar-refractivity contribution in [2.24, 2.45) is 5.41 Å².